The Bertz CT molecular complexity index is 865. The number of amides is 2. The van der Waals surface area contributed by atoms with Crippen molar-refractivity contribution < 1.29 is 9.59 Å². The molecular formula is C21H25N3O2. The molecule has 5 aliphatic heterocycles. The Balaban J connectivity index is 1.54. The number of piperidine rings is 2. The number of nitrogens with one attached hydrogen (secondary N) is 2. The minimum atomic E-state index is -0.729. The van der Waals surface area contributed by atoms with Crippen molar-refractivity contribution in [2.45, 2.75) is 62.6 Å². The second-order valence-electron chi connectivity index (χ2n) is 9.62. The van der Waals surface area contributed by atoms with Gasteiger partial charge in [-0.1, -0.05) is 32.0 Å². The normalized spacial score (nSPS) is 43.9. The van der Waals surface area contributed by atoms with E-state index in [1.165, 1.54) is 11.3 Å². The molecule has 6 aliphatic rings. The van der Waals surface area contributed by atoms with Crippen LogP contribution in [0.15, 0.2) is 24.3 Å². The van der Waals surface area contributed by atoms with Crippen LogP contribution in [0.1, 0.15) is 51.0 Å². The minimum absolute atomic E-state index is 0.0764. The molecule has 4 saturated heterocycles. The summed E-state index contributed by atoms with van der Waals surface area (Å²) in [6.07, 6.45) is 3.29. The van der Waals surface area contributed by atoms with Crippen LogP contribution in [-0.4, -0.2) is 40.4 Å². The molecule has 1 aliphatic carbocycles. The smallest absolute Gasteiger partial charge is 0.249 e. The Morgan fingerprint density at radius 1 is 1.15 bits per heavy atom. The van der Waals surface area contributed by atoms with E-state index in [-0.39, 0.29) is 29.1 Å². The number of fused-ring (bicyclic) bond motifs is 4. The fourth-order valence-electron chi connectivity index (χ4n) is 7.15. The molecule has 2 spiro atoms. The second kappa shape index (κ2) is 4.26. The zero-order chi connectivity index (χ0) is 17.9. The van der Waals surface area contributed by atoms with Gasteiger partial charge in [0.25, 0.3) is 0 Å². The van der Waals surface area contributed by atoms with Crippen LogP contribution < -0.4 is 10.6 Å². The lowest BCUT2D eigenvalue weighted by molar-refractivity contribution is -0.187. The van der Waals surface area contributed by atoms with Gasteiger partial charge in [-0.2, -0.15) is 0 Å². The van der Waals surface area contributed by atoms with Crippen molar-refractivity contribution in [3.05, 3.63) is 29.8 Å². The molecule has 5 heterocycles. The zero-order valence-corrected chi connectivity index (χ0v) is 15.3. The van der Waals surface area contributed by atoms with Gasteiger partial charge in [-0.3, -0.25) is 9.59 Å². The van der Waals surface area contributed by atoms with Gasteiger partial charge in [-0.25, -0.2) is 0 Å². The summed E-state index contributed by atoms with van der Waals surface area (Å²) >= 11 is 0. The molecule has 2 bridgehead atoms. The molecule has 7 rings (SSSR count). The second-order valence-corrected chi connectivity index (χ2v) is 9.62. The van der Waals surface area contributed by atoms with Gasteiger partial charge in [0, 0.05) is 30.1 Å². The van der Waals surface area contributed by atoms with Crippen molar-refractivity contribution in [1.29, 1.82) is 0 Å². The molecule has 136 valence electrons. The quantitative estimate of drug-likeness (QED) is 0.754. The first-order valence-electron chi connectivity index (χ1n) is 9.90. The highest BCUT2D eigenvalue weighted by atomic mass is 16.2. The fourth-order valence-corrected chi connectivity index (χ4v) is 7.15. The van der Waals surface area contributed by atoms with Crippen molar-refractivity contribution >= 4 is 17.5 Å². The third kappa shape index (κ3) is 1.40. The molecule has 2 amide bonds. The average molecular weight is 351 g/mol. The van der Waals surface area contributed by atoms with Crippen molar-refractivity contribution in [2.75, 3.05) is 11.9 Å². The van der Waals surface area contributed by atoms with Gasteiger partial charge in [-0.15, -0.1) is 0 Å². The minimum Gasteiger partial charge on any atom is -0.381 e. The Morgan fingerprint density at radius 2 is 1.96 bits per heavy atom. The third-order valence-corrected chi connectivity index (χ3v) is 8.33. The Kier molecular flexibility index (Phi) is 2.47. The molecule has 0 radical (unpaired) electrons. The van der Waals surface area contributed by atoms with Crippen molar-refractivity contribution in [3.8, 4) is 0 Å². The van der Waals surface area contributed by atoms with E-state index in [2.05, 4.69) is 48.7 Å². The number of nitrogens with zero attached hydrogens (tertiary/aromatic N) is 1. The molecule has 2 N–H and O–H groups in total. The van der Waals surface area contributed by atoms with Gasteiger partial charge in [0.2, 0.25) is 11.8 Å². The zero-order valence-electron chi connectivity index (χ0n) is 15.3. The van der Waals surface area contributed by atoms with Gasteiger partial charge >= 0.3 is 0 Å². The highest BCUT2D eigenvalue weighted by molar-refractivity contribution is 6.05. The maximum Gasteiger partial charge on any atom is 0.249 e. The van der Waals surface area contributed by atoms with Crippen LogP contribution in [0.3, 0.4) is 0 Å². The maximum absolute atomic E-state index is 13.6. The first-order valence-corrected chi connectivity index (χ1v) is 9.90. The molecule has 1 aromatic carbocycles. The lowest BCUT2D eigenvalue weighted by Gasteiger charge is -2.66. The fraction of sp³-hybridized carbons (Fsp3) is 0.619. The third-order valence-electron chi connectivity index (χ3n) is 8.33. The van der Waals surface area contributed by atoms with E-state index in [1.54, 1.807) is 0 Å². The summed E-state index contributed by atoms with van der Waals surface area (Å²) in [6.45, 7) is 5.33. The number of anilines is 1. The van der Waals surface area contributed by atoms with Gasteiger partial charge in [0.15, 0.2) is 0 Å². The SMILES string of the molecule is CC1(C)[C@@H]2Nc3ccccc3[C@@H]2C[C@]23NC(=O)[C@@]4(CCCN4C2=O)C[C@@H]13. The van der Waals surface area contributed by atoms with E-state index in [0.29, 0.717) is 12.5 Å². The Labute approximate surface area is 153 Å². The molecule has 0 unspecified atom stereocenters. The topological polar surface area (TPSA) is 61.4 Å². The predicted octanol–water partition coefficient (Wildman–Crippen LogP) is 2.24. The first-order chi connectivity index (χ1) is 12.4. The van der Waals surface area contributed by atoms with Crippen molar-refractivity contribution in [3.63, 3.8) is 0 Å². The number of piperazine rings is 1. The monoisotopic (exact) mass is 351 g/mol. The summed E-state index contributed by atoms with van der Waals surface area (Å²) in [4.78, 5) is 28.7. The number of carbonyl (C=O) groups is 2. The average Bonchev–Trinajstić information content (AvgIpc) is 3.20. The summed E-state index contributed by atoms with van der Waals surface area (Å²) in [6, 6.07) is 8.77. The summed E-state index contributed by atoms with van der Waals surface area (Å²) in [5.74, 6) is 0.716. The molecule has 0 aromatic heterocycles. The molecular weight excluding hydrogens is 326 g/mol. The van der Waals surface area contributed by atoms with Crippen LogP contribution >= 0.6 is 0 Å². The first kappa shape index (κ1) is 15.1. The van der Waals surface area contributed by atoms with Gasteiger partial charge in [0.1, 0.15) is 11.1 Å². The van der Waals surface area contributed by atoms with Crippen LogP contribution in [0.5, 0.6) is 0 Å². The van der Waals surface area contributed by atoms with Crippen LogP contribution in [-0.2, 0) is 9.59 Å². The van der Waals surface area contributed by atoms with Gasteiger partial charge in [0.05, 0.1) is 0 Å². The largest absolute Gasteiger partial charge is 0.381 e. The van der Waals surface area contributed by atoms with Gasteiger partial charge in [-0.05, 0) is 42.7 Å². The number of carbonyl (C=O) groups excluding carboxylic acids is 2. The van der Waals surface area contributed by atoms with Crippen molar-refractivity contribution in [2.24, 2.45) is 11.3 Å². The summed E-state index contributed by atoms with van der Waals surface area (Å²) in [5.41, 5.74) is 1.10. The molecule has 1 aromatic rings. The Hall–Kier alpha value is -2.04. The predicted molar refractivity (Wildman–Crippen MR) is 97.7 cm³/mol. The van der Waals surface area contributed by atoms with E-state index >= 15 is 0 Å². The van der Waals surface area contributed by atoms with Crippen molar-refractivity contribution in [1.82, 2.24) is 10.2 Å². The number of para-hydroxylation sites is 1. The van der Waals surface area contributed by atoms with Crippen LogP contribution in [0.25, 0.3) is 0 Å². The molecule has 26 heavy (non-hydrogen) atoms. The number of rotatable bonds is 0. The molecule has 5 fully saturated rings. The molecule has 5 atom stereocenters. The molecule has 5 heteroatoms. The van der Waals surface area contributed by atoms with E-state index in [9.17, 15) is 9.59 Å². The number of hydrogen-bond acceptors (Lipinski definition) is 3. The highest BCUT2D eigenvalue weighted by Crippen LogP contribution is 2.64. The van der Waals surface area contributed by atoms with E-state index < -0.39 is 11.1 Å². The van der Waals surface area contributed by atoms with Crippen LogP contribution in [0.4, 0.5) is 5.69 Å². The summed E-state index contributed by atoms with van der Waals surface area (Å²) < 4.78 is 0. The summed E-state index contributed by atoms with van der Waals surface area (Å²) in [5, 5.41) is 7.05. The van der Waals surface area contributed by atoms with E-state index in [4.69, 9.17) is 0 Å². The standard InChI is InChI=1S/C21H25N3O2/c1-19(2)15-11-20-8-5-9-24(20)18(26)21(15,23-17(20)25)10-13-12-6-3-4-7-14(12)22-16(13)19/h3-4,6-7,13,15-16,22H,5,8-11H2,1-2H3,(H,23,25)/t13-,15-,16+,20+,21+/m0/s1. The summed E-state index contributed by atoms with van der Waals surface area (Å²) in [7, 11) is 0. The maximum atomic E-state index is 13.6. The lowest BCUT2D eigenvalue weighted by atomic mass is 9.48. The van der Waals surface area contributed by atoms with Crippen LogP contribution in [0.2, 0.25) is 0 Å². The number of benzene rings is 1. The van der Waals surface area contributed by atoms with Crippen LogP contribution in [0, 0.1) is 11.3 Å². The molecule has 1 saturated carbocycles. The lowest BCUT2D eigenvalue weighted by Crippen LogP contribution is -2.85. The highest BCUT2D eigenvalue weighted by Gasteiger charge is 2.74. The number of hydrogen-bond donors (Lipinski definition) is 2. The van der Waals surface area contributed by atoms with E-state index in [0.717, 1.165) is 25.8 Å². The van der Waals surface area contributed by atoms with Gasteiger partial charge < -0.3 is 15.5 Å². The van der Waals surface area contributed by atoms with E-state index in [1.807, 2.05) is 4.90 Å². The molecule has 5 nitrogen and oxygen atoms in total. The Morgan fingerprint density at radius 3 is 2.81 bits per heavy atom.